The third-order valence-corrected chi connectivity index (χ3v) is 7.57. The van der Waals surface area contributed by atoms with Gasteiger partial charge in [-0.15, -0.1) is 0 Å². The average Bonchev–Trinajstić information content (AvgIpc) is 3.21. The number of ether oxygens (including phenoxy) is 2. The standard InChI is InChI=1S/C27H23NO2S/c1-27(2)25-24(20-15-28-21-10-6-4-8-17(20)21)19-13-12-16(29-3)14-23(19)31-26(25)18-9-5-7-11-22(18)30-27/h4-15,24,28H,1-3H3. The second-order valence-electron chi connectivity index (χ2n) is 8.58. The predicted octanol–water partition coefficient (Wildman–Crippen LogP) is 7.00. The Labute approximate surface area is 186 Å². The monoisotopic (exact) mass is 425 g/mol. The Balaban J connectivity index is 1.69. The highest BCUT2D eigenvalue weighted by Crippen LogP contribution is 2.59. The van der Waals surface area contributed by atoms with Crippen LogP contribution in [0.2, 0.25) is 0 Å². The Hall–Kier alpha value is -3.11. The van der Waals surface area contributed by atoms with Gasteiger partial charge in [0.2, 0.25) is 0 Å². The van der Waals surface area contributed by atoms with E-state index in [9.17, 15) is 0 Å². The number of hydrogen-bond donors (Lipinski definition) is 1. The third-order valence-electron chi connectivity index (χ3n) is 6.35. The molecule has 0 aliphatic carbocycles. The molecule has 0 saturated heterocycles. The molecule has 31 heavy (non-hydrogen) atoms. The van der Waals surface area contributed by atoms with E-state index in [4.69, 9.17) is 9.47 Å². The molecule has 0 saturated carbocycles. The average molecular weight is 426 g/mol. The van der Waals surface area contributed by atoms with Gasteiger partial charge in [-0.25, -0.2) is 0 Å². The largest absolute Gasteiger partial charge is 0.497 e. The van der Waals surface area contributed by atoms with Crippen molar-refractivity contribution in [3.8, 4) is 11.5 Å². The van der Waals surface area contributed by atoms with E-state index in [1.165, 1.54) is 37.5 Å². The number of H-pyrrole nitrogens is 1. The number of nitrogens with one attached hydrogen (secondary N) is 1. The van der Waals surface area contributed by atoms with E-state index in [2.05, 4.69) is 85.7 Å². The first-order valence-corrected chi connectivity index (χ1v) is 11.3. The van der Waals surface area contributed by atoms with E-state index < -0.39 is 5.60 Å². The first-order valence-electron chi connectivity index (χ1n) is 10.5. The van der Waals surface area contributed by atoms with Gasteiger partial charge in [0.25, 0.3) is 0 Å². The van der Waals surface area contributed by atoms with Crippen molar-refractivity contribution in [2.45, 2.75) is 30.3 Å². The topological polar surface area (TPSA) is 34.2 Å². The molecule has 3 heterocycles. The fourth-order valence-corrected chi connectivity index (χ4v) is 6.42. The molecular weight excluding hydrogens is 402 g/mol. The molecule has 0 amide bonds. The van der Waals surface area contributed by atoms with Gasteiger partial charge in [0.05, 0.1) is 7.11 Å². The van der Waals surface area contributed by atoms with Crippen molar-refractivity contribution in [3.05, 3.63) is 95.2 Å². The SMILES string of the molecule is COc1ccc2c(c1)SC1=C(C2c2c[nH]c3ccccc23)C(C)(C)Oc2ccccc21. The van der Waals surface area contributed by atoms with Gasteiger partial charge in [-0.2, -0.15) is 0 Å². The van der Waals surface area contributed by atoms with Gasteiger partial charge >= 0.3 is 0 Å². The van der Waals surface area contributed by atoms with E-state index in [1.807, 2.05) is 17.8 Å². The summed E-state index contributed by atoms with van der Waals surface area (Å²) in [6.45, 7) is 4.38. The molecule has 1 aromatic heterocycles. The Morgan fingerprint density at radius 3 is 2.65 bits per heavy atom. The molecule has 6 rings (SSSR count). The molecule has 0 fully saturated rings. The van der Waals surface area contributed by atoms with Gasteiger partial charge in [0.1, 0.15) is 17.1 Å². The molecule has 1 unspecified atom stereocenters. The van der Waals surface area contributed by atoms with Crippen LogP contribution in [0.1, 0.15) is 36.5 Å². The summed E-state index contributed by atoms with van der Waals surface area (Å²) in [4.78, 5) is 6.02. The molecule has 3 nitrogen and oxygen atoms in total. The molecule has 1 atom stereocenters. The third kappa shape index (κ3) is 2.75. The zero-order chi connectivity index (χ0) is 21.2. The van der Waals surface area contributed by atoms with Gasteiger partial charge in [0, 0.05) is 38.4 Å². The van der Waals surface area contributed by atoms with E-state index in [-0.39, 0.29) is 5.92 Å². The maximum absolute atomic E-state index is 6.58. The van der Waals surface area contributed by atoms with Crippen molar-refractivity contribution < 1.29 is 9.47 Å². The lowest BCUT2D eigenvalue weighted by Gasteiger charge is -2.43. The number of aromatic nitrogens is 1. The molecule has 1 N–H and O–H groups in total. The normalized spacial score (nSPS) is 18.7. The summed E-state index contributed by atoms with van der Waals surface area (Å²) in [6.07, 6.45) is 2.17. The number of rotatable bonds is 2. The molecule has 2 aliphatic heterocycles. The Morgan fingerprint density at radius 2 is 1.77 bits per heavy atom. The number of benzene rings is 3. The lowest BCUT2D eigenvalue weighted by molar-refractivity contribution is 0.139. The van der Waals surface area contributed by atoms with E-state index in [0.717, 1.165) is 17.0 Å². The first-order chi connectivity index (χ1) is 15.1. The van der Waals surface area contributed by atoms with E-state index in [0.29, 0.717) is 0 Å². The molecule has 4 aromatic rings. The van der Waals surface area contributed by atoms with E-state index in [1.54, 1.807) is 7.11 Å². The van der Waals surface area contributed by atoms with Crippen LogP contribution in [0, 0.1) is 0 Å². The maximum Gasteiger partial charge on any atom is 0.128 e. The van der Waals surface area contributed by atoms with Crippen LogP contribution >= 0.6 is 11.8 Å². The molecular formula is C27H23NO2S. The van der Waals surface area contributed by atoms with Crippen LogP contribution in [-0.4, -0.2) is 17.7 Å². The minimum Gasteiger partial charge on any atom is -0.497 e. The van der Waals surface area contributed by atoms with Crippen molar-refractivity contribution >= 4 is 27.6 Å². The summed E-state index contributed by atoms with van der Waals surface area (Å²) in [5, 5.41) is 1.25. The zero-order valence-corrected chi connectivity index (χ0v) is 18.5. The second-order valence-corrected chi connectivity index (χ2v) is 9.63. The summed E-state index contributed by atoms with van der Waals surface area (Å²) >= 11 is 1.83. The molecule has 3 aromatic carbocycles. The summed E-state index contributed by atoms with van der Waals surface area (Å²) < 4.78 is 12.1. The van der Waals surface area contributed by atoms with Crippen molar-refractivity contribution in [1.82, 2.24) is 4.98 Å². The molecule has 2 aliphatic rings. The van der Waals surface area contributed by atoms with Gasteiger partial charge in [0.15, 0.2) is 0 Å². The van der Waals surface area contributed by atoms with Crippen molar-refractivity contribution in [2.75, 3.05) is 7.11 Å². The number of fused-ring (bicyclic) bond motifs is 4. The Morgan fingerprint density at radius 1 is 0.968 bits per heavy atom. The van der Waals surface area contributed by atoms with Crippen LogP contribution in [-0.2, 0) is 0 Å². The molecule has 0 radical (unpaired) electrons. The number of methoxy groups -OCH3 is 1. The minimum absolute atomic E-state index is 0.0941. The van der Waals surface area contributed by atoms with Crippen molar-refractivity contribution in [3.63, 3.8) is 0 Å². The summed E-state index contributed by atoms with van der Waals surface area (Å²) in [6, 6.07) is 23.4. The van der Waals surface area contributed by atoms with Crippen LogP contribution < -0.4 is 9.47 Å². The fourth-order valence-electron chi connectivity index (χ4n) is 4.97. The van der Waals surface area contributed by atoms with Gasteiger partial charge in [-0.3, -0.25) is 0 Å². The Bertz CT molecular complexity index is 1360. The smallest absolute Gasteiger partial charge is 0.128 e. The highest BCUT2D eigenvalue weighted by atomic mass is 32.2. The fraction of sp³-hybridized carbons (Fsp3) is 0.185. The molecule has 4 heteroatoms. The van der Waals surface area contributed by atoms with Gasteiger partial charge in [-0.05, 0) is 54.8 Å². The highest BCUT2D eigenvalue weighted by Gasteiger charge is 2.44. The van der Waals surface area contributed by atoms with Gasteiger partial charge < -0.3 is 14.5 Å². The van der Waals surface area contributed by atoms with Crippen LogP contribution in [0.3, 0.4) is 0 Å². The van der Waals surface area contributed by atoms with Gasteiger partial charge in [-0.1, -0.05) is 54.2 Å². The predicted molar refractivity (Wildman–Crippen MR) is 127 cm³/mol. The lowest BCUT2D eigenvalue weighted by Crippen LogP contribution is -2.38. The van der Waals surface area contributed by atoms with Crippen LogP contribution in [0.4, 0.5) is 0 Å². The van der Waals surface area contributed by atoms with Crippen LogP contribution in [0.25, 0.3) is 15.8 Å². The molecule has 154 valence electrons. The molecule has 0 bridgehead atoms. The summed E-state index contributed by atoms with van der Waals surface area (Å²) in [5.41, 5.74) is 5.79. The number of hydrogen-bond acceptors (Lipinski definition) is 3. The molecule has 0 spiro atoms. The van der Waals surface area contributed by atoms with Crippen LogP contribution in [0.5, 0.6) is 11.5 Å². The number of para-hydroxylation sites is 2. The lowest BCUT2D eigenvalue weighted by atomic mass is 9.75. The summed E-state index contributed by atoms with van der Waals surface area (Å²) in [5.74, 6) is 1.92. The number of thioether (sulfide) groups is 1. The second kappa shape index (κ2) is 6.69. The van der Waals surface area contributed by atoms with Crippen molar-refractivity contribution in [1.29, 1.82) is 0 Å². The minimum atomic E-state index is -0.433. The highest BCUT2D eigenvalue weighted by molar-refractivity contribution is 8.08. The first kappa shape index (κ1) is 18.6. The number of aromatic amines is 1. The van der Waals surface area contributed by atoms with E-state index >= 15 is 0 Å². The van der Waals surface area contributed by atoms with Crippen molar-refractivity contribution in [2.24, 2.45) is 0 Å². The van der Waals surface area contributed by atoms with Crippen LogP contribution in [0.15, 0.2) is 83.4 Å². The summed E-state index contributed by atoms with van der Waals surface area (Å²) in [7, 11) is 1.73. The quantitative estimate of drug-likeness (QED) is 0.376. The maximum atomic E-state index is 6.58. The Kier molecular flexibility index (Phi) is 4.03. The zero-order valence-electron chi connectivity index (χ0n) is 17.7.